The predicted molar refractivity (Wildman–Crippen MR) is 64.7 cm³/mol. The summed E-state index contributed by atoms with van der Waals surface area (Å²) in [6.45, 7) is 1.54. The van der Waals surface area contributed by atoms with Gasteiger partial charge in [0.1, 0.15) is 0 Å². The minimum absolute atomic E-state index is 0.107. The van der Waals surface area contributed by atoms with Crippen LogP contribution < -0.4 is 0 Å². The Balaban J connectivity index is 2.70. The summed E-state index contributed by atoms with van der Waals surface area (Å²) in [5.41, 5.74) is 0.380. The van der Waals surface area contributed by atoms with Crippen molar-refractivity contribution in [1.82, 2.24) is 3.98 Å². The minimum atomic E-state index is -0.538. The van der Waals surface area contributed by atoms with E-state index in [1.54, 1.807) is 13.0 Å². The summed E-state index contributed by atoms with van der Waals surface area (Å²) in [4.78, 5) is 20.8. The molecule has 92 valence electrons. The molecule has 7 nitrogen and oxygen atoms in total. The molecule has 0 saturated heterocycles. The summed E-state index contributed by atoms with van der Waals surface area (Å²) in [6.07, 6.45) is 0. The van der Waals surface area contributed by atoms with Gasteiger partial charge in [0.15, 0.2) is 0 Å². The second-order valence-corrected chi connectivity index (χ2v) is 5.10. The normalized spacial score (nSPS) is 10.3. The molecule has 2 rings (SSSR count). The molecule has 0 bridgehead atoms. The van der Waals surface area contributed by atoms with E-state index in [0.29, 0.717) is 10.1 Å². The van der Waals surface area contributed by atoms with Crippen molar-refractivity contribution in [2.45, 2.75) is 6.92 Å². The standard InChI is InChI=1S/C10H7N3O4Se/c1-6-9(13(16)17)10(18-11-6)7-4-2-3-5-8(7)12(14)15/h2-5H,1H3. The van der Waals surface area contributed by atoms with Crippen LogP contribution in [0.1, 0.15) is 5.69 Å². The van der Waals surface area contributed by atoms with Gasteiger partial charge in [-0.2, -0.15) is 0 Å². The summed E-state index contributed by atoms with van der Waals surface area (Å²) in [6, 6.07) is 6.01. The van der Waals surface area contributed by atoms with E-state index in [1.165, 1.54) is 18.2 Å². The Labute approximate surface area is 107 Å². The van der Waals surface area contributed by atoms with Gasteiger partial charge in [-0.3, -0.25) is 0 Å². The van der Waals surface area contributed by atoms with Crippen LogP contribution in [0.2, 0.25) is 0 Å². The maximum absolute atomic E-state index is 11.0. The fourth-order valence-electron chi connectivity index (χ4n) is 1.58. The number of nitro groups is 2. The van der Waals surface area contributed by atoms with E-state index in [4.69, 9.17) is 0 Å². The predicted octanol–water partition coefficient (Wildman–Crippen LogP) is 1.93. The van der Waals surface area contributed by atoms with Crippen LogP contribution in [0.4, 0.5) is 11.4 Å². The van der Waals surface area contributed by atoms with Crippen LogP contribution in [0.3, 0.4) is 0 Å². The molecule has 0 amide bonds. The third kappa shape index (κ3) is 2.03. The van der Waals surface area contributed by atoms with Crippen LogP contribution in [0, 0.1) is 27.2 Å². The zero-order valence-corrected chi connectivity index (χ0v) is 10.9. The van der Waals surface area contributed by atoms with Crippen molar-refractivity contribution in [1.29, 1.82) is 0 Å². The van der Waals surface area contributed by atoms with Crippen LogP contribution >= 0.6 is 0 Å². The second-order valence-electron chi connectivity index (χ2n) is 3.48. The fourth-order valence-corrected chi connectivity index (χ4v) is 3.46. The first kappa shape index (κ1) is 12.4. The van der Waals surface area contributed by atoms with Crippen LogP contribution in [0.15, 0.2) is 24.3 Å². The maximum atomic E-state index is 11.0. The van der Waals surface area contributed by atoms with E-state index in [-0.39, 0.29) is 16.9 Å². The average Bonchev–Trinajstić information content (AvgIpc) is 2.71. The zero-order chi connectivity index (χ0) is 13.3. The number of hydrogen-bond donors (Lipinski definition) is 0. The fraction of sp³-hybridized carbons (Fsp3) is 0.100. The Hall–Kier alpha value is -2.05. The molecule has 1 aromatic carbocycles. The Morgan fingerprint density at radius 3 is 2.44 bits per heavy atom. The van der Waals surface area contributed by atoms with Gasteiger partial charge in [-0.15, -0.1) is 0 Å². The first-order valence-corrected chi connectivity index (χ1v) is 6.49. The van der Waals surface area contributed by atoms with Crippen LogP contribution in [-0.2, 0) is 0 Å². The van der Waals surface area contributed by atoms with E-state index in [2.05, 4.69) is 3.98 Å². The summed E-state index contributed by atoms with van der Waals surface area (Å²) >= 11 is -0.488. The quantitative estimate of drug-likeness (QED) is 0.490. The molecule has 1 heterocycles. The molecule has 8 heteroatoms. The molecule has 0 unspecified atom stereocenters. The van der Waals surface area contributed by atoms with Crippen molar-refractivity contribution in [3.05, 3.63) is 50.2 Å². The van der Waals surface area contributed by atoms with E-state index in [9.17, 15) is 20.2 Å². The summed E-state index contributed by atoms with van der Waals surface area (Å²) in [5.74, 6) is 0. The molecule has 18 heavy (non-hydrogen) atoms. The third-order valence-electron chi connectivity index (χ3n) is 2.36. The Bertz CT molecular complexity index is 638. The van der Waals surface area contributed by atoms with Gasteiger partial charge in [0.25, 0.3) is 0 Å². The number of para-hydroxylation sites is 1. The van der Waals surface area contributed by atoms with Crippen molar-refractivity contribution in [2.75, 3.05) is 0 Å². The molecule has 0 radical (unpaired) electrons. The van der Waals surface area contributed by atoms with Gasteiger partial charge in [0.05, 0.1) is 0 Å². The monoisotopic (exact) mass is 313 g/mol. The molecule has 0 aliphatic heterocycles. The summed E-state index contributed by atoms with van der Waals surface area (Å²) in [5, 5.41) is 21.9. The van der Waals surface area contributed by atoms with E-state index in [0.717, 1.165) is 0 Å². The molecule has 0 saturated carbocycles. The molecule has 0 N–H and O–H groups in total. The number of benzene rings is 1. The first-order chi connectivity index (χ1) is 8.52. The van der Waals surface area contributed by atoms with Gasteiger partial charge in [-0.25, -0.2) is 0 Å². The molecular weight excluding hydrogens is 305 g/mol. The Morgan fingerprint density at radius 2 is 1.83 bits per heavy atom. The van der Waals surface area contributed by atoms with Gasteiger partial charge < -0.3 is 0 Å². The second kappa shape index (κ2) is 4.67. The number of nitrogens with zero attached hydrogens (tertiary/aromatic N) is 3. The first-order valence-electron chi connectivity index (χ1n) is 4.87. The van der Waals surface area contributed by atoms with Gasteiger partial charge in [-0.05, 0) is 0 Å². The molecule has 0 atom stereocenters. The number of hydrogen-bond acceptors (Lipinski definition) is 5. The van der Waals surface area contributed by atoms with Crippen molar-refractivity contribution < 1.29 is 9.85 Å². The number of nitro benzene ring substituents is 1. The van der Waals surface area contributed by atoms with E-state index >= 15 is 0 Å². The van der Waals surface area contributed by atoms with Crippen LogP contribution in [0.25, 0.3) is 10.0 Å². The number of aromatic nitrogens is 1. The molecule has 2 aromatic rings. The average molecular weight is 312 g/mol. The Kier molecular flexibility index (Phi) is 3.22. The van der Waals surface area contributed by atoms with E-state index < -0.39 is 24.6 Å². The van der Waals surface area contributed by atoms with Gasteiger partial charge in [0.2, 0.25) is 0 Å². The molecule has 0 aliphatic rings. The van der Waals surface area contributed by atoms with Crippen molar-refractivity contribution in [2.24, 2.45) is 0 Å². The van der Waals surface area contributed by atoms with Gasteiger partial charge in [0, 0.05) is 0 Å². The van der Waals surface area contributed by atoms with Crippen molar-refractivity contribution in [3.63, 3.8) is 0 Å². The van der Waals surface area contributed by atoms with Crippen molar-refractivity contribution >= 4 is 26.1 Å². The van der Waals surface area contributed by atoms with Crippen LogP contribution in [-0.4, -0.2) is 28.6 Å². The topological polar surface area (TPSA) is 99.2 Å². The summed E-state index contributed by atoms with van der Waals surface area (Å²) < 4.78 is 4.40. The molecule has 1 aromatic heterocycles. The third-order valence-corrected chi connectivity index (χ3v) is 4.38. The summed E-state index contributed by atoms with van der Waals surface area (Å²) in [7, 11) is 0. The van der Waals surface area contributed by atoms with Crippen molar-refractivity contribution in [3.8, 4) is 10.0 Å². The SMILES string of the molecule is Cc1n[se]c(-c2ccccc2[N+](=O)[O-])c1[N+](=O)[O-]. The molecule has 0 fully saturated rings. The number of rotatable bonds is 3. The zero-order valence-electron chi connectivity index (χ0n) is 9.19. The number of aryl methyl sites for hydroxylation is 1. The van der Waals surface area contributed by atoms with Gasteiger partial charge in [-0.1, -0.05) is 0 Å². The van der Waals surface area contributed by atoms with Crippen LogP contribution in [0.5, 0.6) is 0 Å². The molecular formula is C10H7N3O4Se. The van der Waals surface area contributed by atoms with E-state index in [1.807, 2.05) is 0 Å². The Morgan fingerprint density at radius 1 is 1.17 bits per heavy atom. The molecule has 0 aliphatic carbocycles. The van der Waals surface area contributed by atoms with Gasteiger partial charge >= 0.3 is 107 Å². The molecule has 0 spiro atoms.